The monoisotopic (exact) mass is 311 g/mol. The number of hydrogen-bond donors (Lipinski definition) is 1. The first kappa shape index (κ1) is 15.4. The highest BCUT2D eigenvalue weighted by molar-refractivity contribution is 5.80. The molecule has 1 fully saturated rings. The molecule has 1 aromatic carbocycles. The molecule has 0 bridgehead atoms. The molecule has 0 atom stereocenters. The molecule has 1 N–H and O–H groups in total. The Balaban J connectivity index is 1.69. The minimum atomic E-state index is 0.697. The van der Waals surface area contributed by atoms with Crippen LogP contribution in [0.1, 0.15) is 16.8 Å². The minimum absolute atomic E-state index is 0.697. The fourth-order valence-electron chi connectivity index (χ4n) is 2.34. The van der Waals surface area contributed by atoms with Crippen molar-refractivity contribution in [1.82, 2.24) is 9.97 Å². The number of ether oxygens (including phenoxy) is 1. The number of morpholine rings is 1. The Morgan fingerprint density at radius 2 is 1.87 bits per heavy atom. The topological polar surface area (TPSA) is 62.6 Å². The third-order valence-corrected chi connectivity index (χ3v) is 3.61. The number of aryl methyl sites for hydroxylation is 2. The van der Waals surface area contributed by atoms with Crippen LogP contribution in [0.5, 0.6) is 0 Å². The van der Waals surface area contributed by atoms with Crippen molar-refractivity contribution < 1.29 is 4.74 Å². The number of aromatic nitrogens is 2. The summed E-state index contributed by atoms with van der Waals surface area (Å²) in [5.74, 6) is 1.42. The van der Waals surface area contributed by atoms with Crippen LogP contribution in [-0.4, -0.2) is 42.5 Å². The number of hydrogen-bond acceptors (Lipinski definition) is 6. The molecule has 120 valence electrons. The Morgan fingerprint density at radius 3 is 2.61 bits per heavy atom. The van der Waals surface area contributed by atoms with Crippen molar-refractivity contribution >= 4 is 18.0 Å². The van der Waals surface area contributed by atoms with Gasteiger partial charge in [0.1, 0.15) is 0 Å². The van der Waals surface area contributed by atoms with Crippen LogP contribution in [-0.2, 0) is 4.74 Å². The first-order chi connectivity index (χ1) is 11.2. The molecule has 0 amide bonds. The van der Waals surface area contributed by atoms with Gasteiger partial charge in [0.15, 0.2) is 5.82 Å². The Hall–Kier alpha value is -2.47. The third-order valence-electron chi connectivity index (χ3n) is 3.61. The van der Waals surface area contributed by atoms with Crippen LogP contribution < -0.4 is 10.3 Å². The minimum Gasteiger partial charge on any atom is -0.378 e. The van der Waals surface area contributed by atoms with Crippen molar-refractivity contribution in [3.05, 3.63) is 47.2 Å². The van der Waals surface area contributed by atoms with Crippen molar-refractivity contribution in [3.63, 3.8) is 0 Å². The first-order valence-electron chi connectivity index (χ1n) is 7.75. The number of benzene rings is 1. The average molecular weight is 311 g/mol. The molecule has 6 nitrogen and oxygen atoms in total. The van der Waals surface area contributed by atoms with Crippen molar-refractivity contribution in [2.45, 2.75) is 13.8 Å². The zero-order valence-corrected chi connectivity index (χ0v) is 13.5. The summed E-state index contributed by atoms with van der Waals surface area (Å²) in [4.78, 5) is 11.2. The maximum absolute atomic E-state index is 5.37. The zero-order valence-electron chi connectivity index (χ0n) is 13.5. The van der Waals surface area contributed by atoms with Crippen molar-refractivity contribution in [2.75, 3.05) is 36.6 Å². The Kier molecular flexibility index (Phi) is 4.83. The van der Waals surface area contributed by atoms with Gasteiger partial charge in [0.2, 0.25) is 5.95 Å². The van der Waals surface area contributed by atoms with Gasteiger partial charge in [-0.2, -0.15) is 10.1 Å². The number of rotatable bonds is 4. The van der Waals surface area contributed by atoms with Crippen molar-refractivity contribution in [1.29, 1.82) is 0 Å². The molecular weight excluding hydrogens is 290 g/mol. The van der Waals surface area contributed by atoms with Crippen LogP contribution in [0.2, 0.25) is 0 Å². The Morgan fingerprint density at radius 1 is 1.13 bits per heavy atom. The fraction of sp³-hybridized carbons (Fsp3) is 0.353. The van der Waals surface area contributed by atoms with Gasteiger partial charge in [-0.25, -0.2) is 4.98 Å². The molecule has 0 aliphatic carbocycles. The second kappa shape index (κ2) is 7.19. The summed E-state index contributed by atoms with van der Waals surface area (Å²) in [6.45, 7) is 7.08. The summed E-state index contributed by atoms with van der Waals surface area (Å²) in [6, 6.07) is 10.1. The molecular formula is C17H21N5O. The van der Waals surface area contributed by atoms with Crippen molar-refractivity contribution in [2.24, 2.45) is 5.10 Å². The van der Waals surface area contributed by atoms with Gasteiger partial charge in [-0.05, 0) is 19.4 Å². The Labute approximate surface area is 136 Å². The van der Waals surface area contributed by atoms with Crippen LogP contribution in [0.15, 0.2) is 35.4 Å². The van der Waals surface area contributed by atoms with Gasteiger partial charge in [0.25, 0.3) is 0 Å². The molecule has 23 heavy (non-hydrogen) atoms. The van der Waals surface area contributed by atoms with Crippen LogP contribution in [0.4, 0.5) is 11.8 Å². The SMILES string of the molecule is Cc1ccc(/C=N\Nc2cc(C)nc(N3CCOCC3)n2)cc1. The van der Waals surface area contributed by atoms with Gasteiger partial charge < -0.3 is 9.64 Å². The molecule has 1 aromatic heterocycles. The molecule has 0 radical (unpaired) electrons. The highest BCUT2D eigenvalue weighted by Gasteiger charge is 2.14. The molecule has 2 heterocycles. The third kappa shape index (κ3) is 4.26. The smallest absolute Gasteiger partial charge is 0.227 e. The maximum atomic E-state index is 5.37. The molecule has 1 aliphatic heterocycles. The average Bonchev–Trinajstić information content (AvgIpc) is 2.57. The standard InChI is InChI=1S/C17H21N5O/c1-13-3-5-15(6-4-13)12-18-21-16-11-14(2)19-17(20-16)22-7-9-23-10-8-22/h3-6,11-12H,7-10H2,1-2H3,(H,19,20,21)/b18-12-. The van der Waals surface area contributed by atoms with Gasteiger partial charge in [-0.15, -0.1) is 0 Å². The molecule has 0 saturated carbocycles. The van der Waals surface area contributed by atoms with E-state index in [-0.39, 0.29) is 0 Å². The number of nitrogens with zero attached hydrogens (tertiary/aromatic N) is 4. The van der Waals surface area contributed by atoms with Crippen LogP contribution >= 0.6 is 0 Å². The first-order valence-corrected chi connectivity index (χ1v) is 7.75. The van der Waals surface area contributed by atoms with Gasteiger partial charge in [-0.3, -0.25) is 5.43 Å². The predicted octanol–water partition coefficient (Wildman–Crippen LogP) is 2.38. The summed E-state index contributed by atoms with van der Waals surface area (Å²) in [5.41, 5.74) is 6.18. The van der Waals surface area contributed by atoms with E-state index < -0.39 is 0 Å². The van der Waals surface area contributed by atoms with E-state index in [0.29, 0.717) is 19.0 Å². The van der Waals surface area contributed by atoms with Gasteiger partial charge in [-0.1, -0.05) is 29.8 Å². The summed E-state index contributed by atoms with van der Waals surface area (Å²) < 4.78 is 5.37. The lowest BCUT2D eigenvalue weighted by atomic mass is 10.2. The lowest BCUT2D eigenvalue weighted by Crippen LogP contribution is -2.37. The second-order valence-electron chi connectivity index (χ2n) is 5.57. The molecule has 3 rings (SSSR count). The van der Waals surface area contributed by atoms with E-state index in [1.165, 1.54) is 5.56 Å². The largest absolute Gasteiger partial charge is 0.378 e. The van der Waals surface area contributed by atoms with E-state index in [1.54, 1.807) is 6.21 Å². The Bertz CT molecular complexity index is 678. The number of anilines is 2. The van der Waals surface area contributed by atoms with Gasteiger partial charge in [0.05, 0.1) is 19.4 Å². The van der Waals surface area contributed by atoms with E-state index in [2.05, 4.69) is 44.5 Å². The molecule has 0 spiro atoms. The van der Waals surface area contributed by atoms with Crippen LogP contribution in [0, 0.1) is 13.8 Å². The van der Waals surface area contributed by atoms with Crippen LogP contribution in [0.25, 0.3) is 0 Å². The normalized spacial score (nSPS) is 15.1. The highest BCUT2D eigenvalue weighted by atomic mass is 16.5. The summed E-state index contributed by atoms with van der Waals surface area (Å²) in [6.07, 6.45) is 1.78. The highest BCUT2D eigenvalue weighted by Crippen LogP contribution is 2.15. The van der Waals surface area contributed by atoms with Gasteiger partial charge in [0, 0.05) is 24.8 Å². The molecule has 0 unspecified atom stereocenters. The number of hydrazone groups is 1. The van der Waals surface area contributed by atoms with E-state index in [0.717, 1.165) is 30.3 Å². The van der Waals surface area contributed by atoms with E-state index in [1.807, 2.05) is 25.1 Å². The zero-order chi connectivity index (χ0) is 16.1. The summed E-state index contributed by atoms with van der Waals surface area (Å²) in [5, 5.41) is 4.26. The summed E-state index contributed by atoms with van der Waals surface area (Å²) >= 11 is 0. The lowest BCUT2D eigenvalue weighted by Gasteiger charge is -2.27. The molecule has 1 aliphatic rings. The quantitative estimate of drug-likeness (QED) is 0.694. The fourth-order valence-corrected chi connectivity index (χ4v) is 2.34. The van der Waals surface area contributed by atoms with Crippen molar-refractivity contribution in [3.8, 4) is 0 Å². The second-order valence-corrected chi connectivity index (χ2v) is 5.57. The van der Waals surface area contributed by atoms with Gasteiger partial charge >= 0.3 is 0 Å². The molecule has 1 saturated heterocycles. The summed E-state index contributed by atoms with van der Waals surface area (Å²) in [7, 11) is 0. The number of nitrogens with one attached hydrogen (secondary N) is 1. The predicted molar refractivity (Wildman–Crippen MR) is 92.2 cm³/mol. The van der Waals surface area contributed by atoms with Crippen LogP contribution in [0.3, 0.4) is 0 Å². The van der Waals surface area contributed by atoms with E-state index in [4.69, 9.17) is 4.74 Å². The van der Waals surface area contributed by atoms with E-state index >= 15 is 0 Å². The van der Waals surface area contributed by atoms with E-state index in [9.17, 15) is 0 Å². The lowest BCUT2D eigenvalue weighted by molar-refractivity contribution is 0.122. The maximum Gasteiger partial charge on any atom is 0.227 e. The molecule has 6 heteroatoms. The molecule has 2 aromatic rings.